The molecule has 3 aliphatic rings. The number of ketones is 2. The van der Waals surface area contributed by atoms with Crippen LogP contribution in [-0.2, 0) is 22.4 Å². The average Bonchev–Trinajstić information content (AvgIpc) is 2.77. The number of carbonyl (C=O) groups excluding carboxylic acids is 3. The number of rotatable bonds is 5. The topological polar surface area (TPSA) is 165 Å². The standard InChI is InChI=1S/C27H35N3O7/c1-11(2)7-13-10-16(29(3)4)14-8-12-9-15-20(30(5)6)23(33)19(26(28)36)25(35)27(15,37)24(34)17(12)22(32)18(14)21(13)31/h10-12,15,20,31,33-34,37H,7-9H2,1-6H3,(H2,28,36)/t12-,15-,20-,27+/m1/s1. The molecule has 0 bridgehead atoms. The molecular formula is C27H35N3O7. The van der Waals surface area contributed by atoms with Crippen LogP contribution in [0.2, 0.25) is 0 Å². The van der Waals surface area contributed by atoms with E-state index in [2.05, 4.69) is 0 Å². The van der Waals surface area contributed by atoms with Gasteiger partial charge in [-0.25, -0.2) is 0 Å². The molecule has 0 radical (unpaired) electrons. The third-order valence-corrected chi connectivity index (χ3v) is 7.89. The number of allylic oxidation sites excluding steroid dienone is 1. The van der Waals surface area contributed by atoms with Crippen LogP contribution in [0.1, 0.15) is 41.8 Å². The van der Waals surface area contributed by atoms with Crippen LogP contribution in [0.25, 0.3) is 0 Å². The summed E-state index contributed by atoms with van der Waals surface area (Å²) < 4.78 is 0. The number of primary amides is 1. The minimum atomic E-state index is -2.64. The summed E-state index contributed by atoms with van der Waals surface area (Å²) in [6.45, 7) is 3.98. The van der Waals surface area contributed by atoms with E-state index in [4.69, 9.17) is 5.73 Å². The van der Waals surface area contributed by atoms with Crippen molar-refractivity contribution in [3.63, 3.8) is 0 Å². The van der Waals surface area contributed by atoms with Crippen LogP contribution in [0.5, 0.6) is 5.75 Å². The van der Waals surface area contributed by atoms with Crippen LogP contribution in [0.4, 0.5) is 5.69 Å². The van der Waals surface area contributed by atoms with Crippen LogP contribution >= 0.6 is 0 Å². The quantitative estimate of drug-likeness (QED) is 0.366. The zero-order valence-corrected chi connectivity index (χ0v) is 22.0. The number of Topliss-reactive ketones (excluding diaryl/α,β-unsaturated/α-hetero) is 2. The highest BCUT2D eigenvalue weighted by molar-refractivity contribution is 6.24. The number of benzene rings is 1. The number of aliphatic hydroxyl groups is 3. The van der Waals surface area contributed by atoms with Crippen molar-refractivity contribution in [1.82, 2.24) is 4.90 Å². The Labute approximate surface area is 215 Å². The van der Waals surface area contributed by atoms with Crippen molar-refractivity contribution >= 4 is 23.2 Å². The number of fused-ring (bicyclic) bond motifs is 3. The lowest BCUT2D eigenvalue weighted by molar-refractivity contribution is -0.148. The molecule has 0 aliphatic heterocycles. The maximum absolute atomic E-state index is 13.9. The summed E-state index contributed by atoms with van der Waals surface area (Å²) in [4.78, 5) is 42.8. The highest BCUT2D eigenvalue weighted by Gasteiger charge is 2.63. The monoisotopic (exact) mass is 513 g/mol. The third kappa shape index (κ3) is 3.73. The predicted molar refractivity (Wildman–Crippen MR) is 137 cm³/mol. The lowest BCUT2D eigenvalue weighted by Gasteiger charge is -2.50. The number of aromatic hydroxyl groups is 1. The number of anilines is 1. The summed E-state index contributed by atoms with van der Waals surface area (Å²) in [5, 5.41) is 45.1. The normalized spacial score (nSPS) is 27.4. The van der Waals surface area contributed by atoms with Crippen molar-refractivity contribution in [3.05, 3.63) is 45.4 Å². The van der Waals surface area contributed by atoms with E-state index in [-0.39, 0.29) is 35.6 Å². The maximum Gasteiger partial charge on any atom is 0.255 e. The van der Waals surface area contributed by atoms with E-state index in [1.165, 1.54) is 4.90 Å². The number of carbonyl (C=O) groups is 3. The number of nitrogens with two attached hydrogens (primary N) is 1. The Kier molecular flexibility index (Phi) is 6.41. The molecule has 200 valence electrons. The van der Waals surface area contributed by atoms with E-state index >= 15 is 0 Å². The molecule has 0 saturated carbocycles. The fraction of sp³-hybridized carbons (Fsp3) is 0.519. The van der Waals surface area contributed by atoms with Gasteiger partial charge in [-0.05, 0) is 62.4 Å². The first-order valence-corrected chi connectivity index (χ1v) is 12.3. The number of aliphatic hydroxyl groups excluding tert-OH is 2. The molecule has 10 nitrogen and oxygen atoms in total. The maximum atomic E-state index is 13.9. The molecular weight excluding hydrogens is 478 g/mol. The van der Waals surface area contributed by atoms with Crippen molar-refractivity contribution in [3.8, 4) is 5.75 Å². The van der Waals surface area contributed by atoms with Gasteiger partial charge in [-0.2, -0.15) is 0 Å². The zero-order valence-electron chi connectivity index (χ0n) is 22.0. The molecule has 0 spiro atoms. The number of amides is 1. The molecule has 0 aromatic heterocycles. The fourth-order valence-electron chi connectivity index (χ4n) is 6.35. The van der Waals surface area contributed by atoms with E-state index in [0.29, 0.717) is 17.5 Å². The second kappa shape index (κ2) is 8.88. The van der Waals surface area contributed by atoms with Gasteiger partial charge in [0.2, 0.25) is 5.78 Å². The number of nitrogens with zero attached hydrogens (tertiary/aromatic N) is 2. The average molecular weight is 514 g/mol. The summed E-state index contributed by atoms with van der Waals surface area (Å²) in [6, 6.07) is 0.857. The molecule has 1 aromatic carbocycles. The molecule has 1 amide bonds. The predicted octanol–water partition coefficient (Wildman–Crippen LogP) is 1.39. The Hall–Kier alpha value is -3.37. The zero-order chi connectivity index (χ0) is 27.7. The van der Waals surface area contributed by atoms with E-state index in [1.807, 2.05) is 38.9 Å². The van der Waals surface area contributed by atoms with Gasteiger partial charge in [-0.15, -0.1) is 0 Å². The highest BCUT2D eigenvalue weighted by atomic mass is 16.3. The van der Waals surface area contributed by atoms with Gasteiger partial charge in [-0.1, -0.05) is 13.8 Å². The first-order chi connectivity index (χ1) is 17.1. The smallest absolute Gasteiger partial charge is 0.255 e. The number of hydrogen-bond donors (Lipinski definition) is 5. The molecule has 4 atom stereocenters. The molecule has 0 unspecified atom stereocenters. The van der Waals surface area contributed by atoms with Crippen LogP contribution in [-0.4, -0.2) is 82.6 Å². The van der Waals surface area contributed by atoms with E-state index in [1.54, 1.807) is 14.1 Å². The van der Waals surface area contributed by atoms with Gasteiger partial charge in [0.15, 0.2) is 11.4 Å². The van der Waals surface area contributed by atoms with Gasteiger partial charge in [-0.3, -0.25) is 19.3 Å². The second-order valence-electron chi connectivity index (χ2n) is 11.2. The van der Waals surface area contributed by atoms with Crippen molar-refractivity contribution in [2.75, 3.05) is 33.1 Å². The number of hydrogen-bond acceptors (Lipinski definition) is 9. The largest absolute Gasteiger partial charge is 0.510 e. The van der Waals surface area contributed by atoms with Crippen molar-refractivity contribution in [2.45, 2.75) is 44.8 Å². The molecule has 6 N–H and O–H groups in total. The number of likely N-dealkylation sites (N-methyl/N-ethyl adjacent to an activating group) is 1. The van der Waals surface area contributed by atoms with Gasteiger partial charge in [0.25, 0.3) is 5.91 Å². The van der Waals surface area contributed by atoms with Crippen LogP contribution in [0.15, 0.2) is 28.7 Å². The first kappa shape index (κ1) is 26.7. The van der Waals surface area contributed by atoms with E-state index < -0.39 is 58.0 Å². The SMILES string of the molecule is CC(C)Cc1cc(N(C)C)c2c(c1O)C(=O)C1=C(O)[C@]3(O)C(=O)C(C(N)=O)=C(O)[C@H](N(C)C)[C@H]3C[C@H]1C2. The Balaban J connectivity index is 1.98. The Bertz CT molecular complexity index is 1280. The first-order valence-electron chi connectivity index (χ1n) is 12.3. The lowest BCUT2D eigenvalue weighted by Crippen LogP contribution is -2.63. The third-order valence-electron chi connectivity index (χ3n) is 7.89. The van der Waals surface area contributed by atoms with Gasteiger partial charge < -0.3 is 31.1 Å². The second-order valence-corrected chi connectivity index (χ2v) is 11.2. The molecule has 0 heterocycles. The molecule has 0 saturated heterocycles. The molecule has 3 aliphatic carbocycles. The van der Waals surface area contributed by atoms with Crippen LogP contribution in [0, 0.1) is 17.8 Å². The van der Waals surface area contributed by atoms with Gasteiger partial charge in [0.1, 0.15) is 22.8 Å². The number of phenols is 1. The molecule has 0 fully saturated rings. The molecule has 1 aromatic rings. The van der Waals surface area contributed by atoms with Crippen molar-refractivity contribution in [2.24, 2.45) is 23.5 Å². The van der Waals surface area contributed by atoms with Crippen molar-refractivity contribution in [1.29, 1.82) is 0 Å². The summed E-state index contributed by atoms with van der Waals surface area (Å²) in [5.41, 5.74) is 3.78. The summed E-state index contributed by atoms with van der Waals surface area (Å²) in [7, 11) is 6.89. The van der Waals surface area contributed by atoms with Crippen molar-refractivity contribution < 1.29 is 34.8 Å². The Morgan fingerprint density at radius 3 is 2.30 bits per heavy atom. The summed E-state index contributed by atoms with van der Waals surface area (Å²) in [5.74, 6) is -6.21. The summed E-state index contributed by atoms with van der Waals surface area (Å²) in [6.07, 6.45) is 0.841. The van der Waals surface area contributed by atoms with Crippen LogP contribution < -0.4 is 10.6 Å². The van der Waals surface area contributed by atoms with Crippen LogP contribution in [0.3, 0.4) is 0 Å². The number of phenolic OH excluding ortho intramolecular Hbond substituents is 1. The van der Waals surface area contributed by atoms with Gasteiger partial charge >= 0.3 is 0 Å². The highest BCUT2D eigenvalue weighted by Crippen LogP contribution is 2.53. The molecule has 37 heavy (non-hydrogen) atoms. The lowest BCUT2D eigenvalue weighted by atomic mass is 9.58. The van der Waals surface area contributed by atoms with E-state index in [9.17, 15) is 34.8 Å². The van der Waals surface area contributed by atoms with Gasteiger partial charge in [0.05, 0.1) is 11.6 Å². The minimum absolute atomic E-state index is 0.0441. The Morgan fingerprint density at radius 1 is 1.16 bits per heavy atom. The molecule has 10 heteroatoms. The fourth-order valence-corrected chi connectivity index (χ4v) is 6.35. The van der Waals surface area contributed by atoms with Gasteiger partial charge in [0, 0.05) is 31.3 Å². The summed E-state index contributed by atoms with van der Waals surface area (Å²) >= 11 is 0. The minimum Gasteiger partial charge on any atom is -0.510 e. The molecule has 4 rings (SSSR count). The Morgan fingerprint density at radius 2 is 1.78 bits per heavy atom. The van der Waals surface area contributed by atoms with E-state index in [0.717, 1.165) is 5.69 Å².